The van der Waals surface area contributed by atoms with Crippen LogP contribution in [0, 0.1) is 0 Å². The molecule has 0 spiro atoms. The minimum Gasteiger partial charge on any atom is -0.310 e. The van der Waals surface area contributed by atoms with E-state index < -0.39 is 15.9 Å². The molecule has 0 saturated heterocycles. The third-order valence-corrected chi connectivity index (χ3v) is 5.58. The van der Waals surface area contributed by atoms with Gasteiger partial charge in [-0.2, -0.15) is 9.40 Å². The second kappa shape index (κ2) is 7.79. The Morgan fingerprint density at radius 1 is 1.19 bits per heavy atom. The maximum atomic E-state index is 12.6. The Morgan fingerprint density at radius 2 is 1.81 bits per heavy atom. The van der Waals surface area contributed by atoms with Crippen molar-refractivity contribution < 1.29 is 18.0 Å². The van der Waals surface area contributed by atoms with Crippen molar-refractivity contribution in [3.05, 3.63) is 42.1 Å². The lowest BCUT2D eigenvalue weighted by atomic mass is 10.2. The van der Waals surface area contributed by atoms with E-state index >= 15 is 0 Å². The maximum Gasteiger partial charge on any atom is 0.243 e. The van der Waals surface area contributed by atoms with Crippen LogP contribution >= 0.6 is 0 Å². The van der Waals surface area contributed by atoms with E-state index in [-0.39, 0.29) is 23.3 Å². The van der Waals surface area contributed by atoms with Gasteiger partial charge in [-0.25, -0.2) is 13.1 Å². The molecule has 1 N–H and O–H groups in total. The normalized spacial score (nSPS) is 11.8. The number of benzene rings is 1. The van der Waals surface area contributed by atoms with Gasteiger partial charge in [-0.1, -0.05) is 12.1 Å². The highest BCUT2D eigenvalue weighted by Crippen LogP contribution is 2.16. The molecule has 8 nitrogen and oxygen atoms in total. The summed E-state index contributed by atoms with van der Waals surface area (Å²) in [5, 5.41) is 6.77. The number of likely N-dealkylation sites (N-methyl/N-ethyl adjacent to an activating group) is 1. The van der Waals surface area contributed by atoms with E-state index in [0.717, 1.165) is 4.31 Å². The molecule has 1 aromatic heterocycles. The smallest absolute Gasteiger partial charge is 0.243 e. The highest BCUT2D eigenvalue weighted by atomic mass is 32.2. The lowest BCUT2D eigenvalue weighted by molar-refractivity contribution is -0.116. The van der Waals surface area contributed by atoms with Crippen LogP contribution in [0.25, 0.3) is 0 Å². The molecule has 1 aromatic carbocycles. The molecule has 140 valence electrons. The van der Waals surface area contributed by atoms with E-state index in [0.29, 0.717) is 11.4 Å². The Bertz CT molecular complexity index is 901. The highest BCUT2D eigenvalue weighted by molar-refractivity contribution is 7.89. The molecule has 0 radical (unpaired) electrons. The van der Waals surface area contributed by atoms with Crippen molar-refractivity contribution in [2.24, 2.45) is 0 Å². The van der Waals surface area contributed by atoms with Crippen LogP contribution in [0.5, 0.6) is 0 Å². The largest absolute Gasteiger partial charge is 0.310 e. The van der Waals surface area contributed by atoms with Crippen LogP contribution in [0.3, 0.4) is 0 Å². The van der Waals surface area contributed by atoms with Crippen LogP contribution in [0.1, 0.15) is 37.2 Å². The van der Waals surface area contributed by atoms with Crippen LogP contribution in [0.2, 0.25) is 0 Å². The van der Waals surface area contributed by atoms with Crippen LogP contribution in [-0.2, 0) is 14.8 Å². The summed E-state index contributed by atoms with van der Waals surface area (Å²) in [6.07, 6.45) is 1.56. The monoisotopic (exact) mass is 378 g/mol. The summed E-state index contributed by atoms with van der Waals surface area (Å²) in [5.74, 6) is -0.121. The van der Waals surface area contributed by atoms with Gasteiger partial charge in [0.2, 0.25) is 15.9 Å². The number of sulfonamides is 1. The quantitative estimate of drug-likeness (QED) is 0.742. The standard InChI is InChI=1S/C17H22N4O4S/c1-12(2)21-16(9-10-18-21)19-17(23)11-20(4)26(24,25)15-7-5-14(6-8-15)13(3)22/h5-10,12H,11H2,1-4H3,(H,19,23). The fourth-order valence-electron chi connectivity index (χ4n) is 2.34. The van der Waals surface area contributed by atoms with Gasteiger partial charge in [0.15, 0.2) is 5.78 Å². The number of nitrogens with zero attached hydrogens (tertiary/aromatic N) is 3. The molecule has 0 saturated carbocycles. The fourth-order valence-corrected chi connectivity index (χ4v) is 3.46. The first-order valence-electron chi connectivity index (χ1n) is 8.03. The Kier molecular flexibility index (Phi) is 5.94. The molecule has 0 aliphatic rings. The van der Waals surface area contributed by atoms with Crippen LogP contribution in [0.4, 0.5) is 5.82 Å². The first-order chi connectivity index (χ1) is 12.1. The van der Waals surface area contributed by atoms with Crippen molar-refractivity contribution in [3.63, 3.8) is 0 Å². The van der Waals surface area contributed by atoms with Gasteiger partial charge in [-0.15, -0.1) is 0 Å². The van der Waals surface area contributed by atoms with E-state index in [1.165, 1.54) is 38.2 Å². The molecule has 0 aliphatic heterocycles. The number of anilines is 1. The molecule has 0 unspecified atom stereocenters. The van der Waals surface area contributed by atoms with Crippen LogP contribution in [0.15, 0.2) is 41.4 Å². The average molecular weight is 378 g/mol. The molecule has 0 atom stereocenters. The predicted molar refractivity (Wildman–Crippen MR) is 97.5 cm³/mol. The number of Topliss-reactive ketones (excluding diaryl/α,β-unsaturated/α-hetero) is 1. The van der Waals surface area contributed by atoms with E-state index in [2.05, 4.69) is 10.4 Å². The number of carbonyl (C=O) groups excluding carboxylic acids is 2. The van der Waals surface area contributed by atoms with Gasteiger partial charge >= 0.3 is 0 Å². The zero-order valence-corrected chi connectivity index (χ0v) is 15.9. The zero-order valence-electron chi connectivity index (χ0n) is 15.1. The summed E-state index contributed by atoms with van der Waals surface area (Å²) >= 11 is 0. The highest BCUT2D eigenvalue weighted by Gasteiger charge is 2.23. The Hall–Kier alpha value is -2.52. The van der Waals surface area contributed by atoms with Crippen molar-refractivity contribution in [1.82, 2.24) is 14.1 Å². The number of carbonyl (C=O) groups is 2. The van der Waals surface area contributed by atoms with Gasteiger partial charge < -0.3 is 5.32 Å². The topological polar surface area (TPSA) is 101 Å². The third-order valence-electron chi connectivity index (χ3n) is 3.76. The summed E-state index contributed by atoms with van der Waals surface area (Å²) in [4.78, 5) is 23.5. The Morgan fingerprint density at radius 3 is 2.35 bits per heavy atom. The Labute approximate surface area is 152 Å². The van der Waals surface area contributed by atoms with E-state index in [1.54, 1.807) is 16.9 Å². The third kappa shape index (κ3) is 4.36. The average Bonchev–Trinajstić information content (AvgIpc) is 3.03. The predicted octanol–water partition coefficient (Wildman–Crippen LogP) is 1.93. The van der Waals surface area contributed by atoms with Crippen LogP contribution in [-0.4, -0.2) is 47.8 Å². The van der Waals surface area contributed by atoms with Crippen LogP contribution < -0.4 is 5.32 Å². The van der Waals surface area contributed by atoms with Crippen molar-refractivity contribution in [2.45, 2.75) is 31.7 Å². The summed E-state index contributed by atoms with van der Waals surface area (Å²) in [6, 6.07) is 7.31. The number of nitrogens with one attached hydrogen (secondary N) is 1. The maximum absolute atomic E-state index is 12.6. The Balaban J connectivity index is 2.09. The molecule has 0 fully saturated rings. The van der Waals surface area contributed by atoms with Gasteiger partial charge in [-0.3, -0.25) is 9.59 Å². The summed E-state index contributed by atoms with van der Waals surface area (Å²) < 4.78 is 27.7. The van der Waals surface area contributed by atoms with Gasteiger partial charge in [0.25, 0.3) is 0 Å². The summed E-state index contributed by atoms with van der Waals surface area (Å²) in [5.41, 5.74) is 0.422. The molecule has 2 rings (SSSR count). The number of ketones is 1. The number of hydrogen-bond donors (Lipinski definition) is 1. The molecule has 0 aliphatic carbocycles. The second-order valence-corrected chi connectivity index (χ2v) is 8.19. The molecule has 9 heteroatoms. The molecular formula is C17H22N4O4S. The summed E-state index contributed by atoms with van der Waals surface area (Å²) in [7, 11) is -2.52. The number of rotatable bonds is 7. The van der Waals surface area contributed by atoms with Crippen molar-refractivity contribution in [3.8, 4) is 0 Å². The molecular weight excluding hydrogens is 356 g/mol. The second-order valence-electron chi connectivity index (χ2n) is 6.14. The molecule has 26 heavy (non-hydrogen) atoms. The molecule has 1 amide bonds. The number of aromatic nitrogens is 2. The molecule has 0 bridgehead atoms. The minimum absolute atomic E-state index is 0.0185. The first kappa shape index (κ1) is 19.8. The van der Waals surface area contributed by atoms with E-state index in [9.17, 15) is 18.0 Å². The van der Waals surface area contributed by atoms with Crippen molar-refractivity contribution >= 4 is 27.5 Å². The number of hydrogen-bond acceptors (Lipinski definition) is 5. The zero-order chi connectivity index (χ0) is 19.5. The molecule has 1 heterocycles. The van der Waals surface area contributed by atoms with Gasteiger partial charge in [0.1, 0.15) is 5.82 Å². The van der Waals surface area contributed by atoms with Gasteiger partial charge in [-0.05, 0) is 32.9 Å². The molecule has 2 aromatic rings. The van der Waals surface area contributed by atoms with E-state index in [4.69, 9.17) is 0 Å². The van der Waals surface area contributed by atoms with Gasteiger partial charge in [0, 0.05) is 24.7 Å². The summed E-state index contributed by atoms with van der Waals surface area (Å²) in [6.45, 7) is 4.90. The minimum atomic E-state index is -3.84. The lowest BCUT2D eigenvalue weighted by Gasteiger charge is -2.18. The SMILES string of the molecule is CC(=O)c1ccc(S(=O)(=O)N(C)CC(=O)Nc2ccnn2C(C)C)cc1. The first-order valence-corrected chi connectivity index (χ1v) is 9.47. The number of amides is 1. The van der Waals surface area contributed by atoms with Crippen molar-refractivity contribution in [1.29, 1.82) is 0 Å². The van der Waals surface area contributed by atoms with Gasteiger partial charge in [0.05, 0.1) is 17.6 Å². The lowest BCUT2D eigenvalue weighted by Crippen LogP contribution is -2.35. The fraction of sp³-hybridized carbons (Fsp3) is 0.353. The van der Waals surface area contributed by atoms with Crippen molar-refractivity contribution in [2.75, 3.05) is 18.9 Å². The van der Waals surface area contributed by atoms with E-state index in [1.807, 2.05) is 13.8 Å².